The molecule has 1 heterocycles. The second-order valence-electron chi connectivity index (χ2n) is 5.49. The Hall–Kier alpha value is -1.95. The van der Waals surface area contributed by atoms with Crippen LogP contribution in [-0.2, 0) is 4.79 Å². The normalized spacial score (nSPS) is 23.3. The van der Waals surface area contributed by atoms with Crippen molar-refractivity contribution in [2.75, 3.05) is 0 Å². The lowest BCUT2D eigenvalue weighted by Crippen LogP contribution is -2.46. The highest BCUT2D eigenvalue weighted by molar-refractivity contribution is 5.94. The SMILES string of the molecule is C[C@H](NC1CCC(NC(=O)c2cccnc2)CC1)C(=O)O. The van der Waals surface area contributed by atoms with E-state index in [9.17, 15) is 9.59 Å². The van der Waals surface area contributed by atoms with Crippen LogP contribution in [0.4, 0.5) is 0 Å². The first-order valence-electron chi connectivity index (χ1n) is 7.26. The molecule has 1 aliphatic rings. The van der Waals surface area contributed by atoms with Gasteiger partial charge in [-0.2, -0.15) is 0 Å². The van der Waals surface area contributed by atoms with Crippen molar-refractivity contribution in [3.63, 3.8) is 0 Å². The van der Waals surface area contributed by atoms with E-state index < -0.39 is 12.0 Å². The molecule has 0 spiro atoms. The molecule has 3 N–H and O–H groups in total. The van der Waals surface area contributed by atoms with E-state index >= 15 is 0 Å². The van der Waals surface area contributed by atoms with Gasteiger partial charge in [0.05, 0.1) is 5.56 Å². The molecule has 1 saturated carbocycles. The number of rotatable bonds is 5. The smallest absolute Gasteiger partial charge is 0.320 e. The Balaban J connectivity index is 1.77. The van der Waals surface area contributed by atoms with E-state index in [0.29, 0.717) is 5.56 Å². The highest BCUT2D eigenvalue weighted by atomic mass is 16.4. The van der Waals surface area contributed by atoms with Gasteiger partial charge in [-0.25, -0.2) is 0 Å². The van der Waals surface area contributed by atoms with E-state index in [1.807, 2.05) is 0 Å². The first kappa shape index (κ1) is 15.4. The number of aromatic nitrogens is 1. The summed E-state index contributed by atoms with van der Waals surface area (Å²) in [6.07, 6.45) is 6.64. The summed E-state index contributed by atoms with van der Waals surface area (Å²) < 4.78 is 0. The summed E-state index contributed by atoms with van der Waals surface area (Å²) in [5.74, 6) is -0.930. The molecule has 1 aromatic rings. The van der Waals surface area contributed by atoms with Gasteiger partial charge in [0.25, 0.3) is 5.91 Å². The third-order valence-corrected chi connectivity index (χ3v) is 3.84. The first-order chi connectivity index (χ1) is 10.1. The Morgan fingerprint density at radius 1 is 1.29 bits per heavy atom. The molecule has 2 rings (SSSR count). The number of amides is 1. The summed E-state index contributed by atoms with van der Waals surface area (Å²) in [6, 6.07) is 3.31. The van der Waals surface area contributed by atoms with Gasteiger partial charge in [0.1, 0.15) is 6.04 Å². The molecule has 0 bridgehead atoms. The van der Waals surface area contributed by atoms with Gasteiger partial charge in [-0.15, -0.1) is 0 Å². The van der Waals surface area contributed by atoms with Gasteiger partial charge < -0.3 is 15.7 Å². The maximum atomic E-state index is 12.0. The van der Waals surface area contributed by atoms with Crippen LogP contribution in [0.5, 0.6) is 0 Å². The zero-order chi connectivity index (χ0) is 15.2. The number of hydrogen-bond donors (Lipinski definition) is 3. The molecule has 6 heteroatoms. The van der Waals surface area contributed by atoms with E-state index in [-0.39, 0.29) is 18.0 Å². The molecule has 0 radical (unpaired) electrons. The van der Waals surface area contributed by atoms with Crippen molar-refractivity contribution < 1.29 is 14.7 Å². The minimum atomic E-state index is -0.831. The zero-order valence-electron chi connectivity index (χ0n) is 12.1. The fraction of sp³-hybridized carbons (Fsp3) is 0.533. The first-order valence-corrected chi connectivity index (χ1v) is 7.26. The van der Waals surface area contributed by atoms with Crippen molar-refractivity contribution in [2.45, 2.75) is 50.7 Å². The summed E-state index contributed by atoms with van der Waals surface area (Å²) >= 11 is 0. The molecule has 21 heavy (non-hydrogen) atoms. The topological polar surface area (TPSA) is 91.3 Å². The molecule has 1 aliphatic carbocycles. The van der Waals surface area contributed by atoms with Crippen LogP contribution in [0, 0.1) is 0 Å². The van der Waals surface area contributed by atoms with Gasteiger partial charge >= 0.3 is 5.97 Å². The number of nitrogens with zero attached hydrogens (tertiary/aromatic N) is 1. The zero-order valence-corrected chi connectivity index (χ0v) is 12.1. The van der Waals surface area contributed by atoms with E-state index in [0.717, 1.165) is 25.7 Å². The number of hydrogen-bond acceptors (Lipinski definition) is 4. The van der Waals surface area contributed by atoms with Gasteiger partial charge in [-0.05, 0) is 44.7 Å². The highest BCUT2D eigenvalue weighted by Crippen LogP contribution is 2.19. The van der Waals surface area contributed by atoms with E-state index in [2.05, 4.69) is 15.6 Å². The van der Waals surface area contributed by atoms with Crippen molar-refractivity contribution >= 4 is 11.9 Å². The third-order valence-electron chi connectivity index (χ3n) is 3.84. The summed E-state index contributed by atoms with van der Waals surface area (Å²) in [4.78, 5) is 26.8. The second-order valence-corrected chi connectivity index (χ2v) is 5.49. The van der Waals surface area contributed by atoms with Crippen molar-refractivity contribution in [2.24, 2.45) is 0 Å². The molecule has 0 aliphatic heterocycles. The van der Waals surface area contributed by atoms with Crippen LogP contribution in [0.15, 0.2) is 24.5 Å². The average molecular weight is 291 g/mol. The Bertz CT molecular complexity index is 484. The van der Waals surface area contributed by atoms with Gasteiger partial charge in [0.15, 0.2) is 0 Å². The molecule has 114 valence electrons. The fourth-order valence-electron chi connectivity index (χ4n) is 2.60. The van der Waals surface area contributed by atoms with Gasteiger partial charge in [-0.1, -0.05) is 0 Å². The van der Waals surface area contributed by atoms with E-state index in [1.54, 1.807) is 31.5 Å². The quantitative estimate of drug-likeness (QED) is 0.758. The maximum absolute atomic E-state index is 12.0. The van der Waals surface area contributed by atoms with Crippen molar-refractivity contribution in [3.8, 4) is 0 Å². The number of aliphatic carboxylic acids is 1. The van der Waals surface area contributed by atoms with Gasteiger partial charge in [0.2, 0.25) is 0 Å². The Kier molecular flexibility index (Phi) is 5.27. The Morgan fingerprint density at radius 2 is 1.95 bits per heavy atom. The monoisotopic (exact) mass is 291 g/mol. The van der Waals surface area contributed by atoms with E-state index in [1.165, 1.54) is 0 Å². The van der Waals surface area contributed by atoms with Gasteiger partial charge in [0, 0.05) is 24.5 Å². The van der Waals surface area contributed by atoms with Crippen molar-refractivity contribution in [1.29, 1.82) is 0 Å². The molecular formula is C15H21N3O3. The lowest BCUT2D eigenvalue weighted by molar-refractivity contribution is -0.139. The molecule has 0 unspecified atom stereocenters. The van der Waals surface area contributed by atoms with Crippen LogP contribution in [-0.4, -0.2) is 40.1 Å². The lowest BCUT2D eigenvalue weighted by atomic mass is 9.90. The summed E-state index contributed by atoms with van der Waals surface area (Å²) in [7, 11) is 0. The predicted octanol–water partition coefficient (Wildman–Crippen LogP) is 1.19. The minimum absolute atomic E-state index is 0.0987. The van der Waals surface area contributed by atoms with Crippen LogP contribution >= 0.6 is 0 Å². The number of carbonyl (C=O) groups is 2. The second kappa shape index (κ2) is 7.17. The predicted molar refractivity (Wildman–Crippen MR) is 78.0 cm³/mol. The molecule has 0 saturated heterocycles. The standard InChI is InChI=1S/C15H21N3O3/c1-10(15(20)21)17-12-4-6-13(7-5-12)18-14(19)11-3-2-8-16-9-11/h2-3,8-10,12-13,17H,4-7H2,1H3,(H,18,19)(H,20,21)/t10-,12?,13?/m0/s1. The summed E-state index contributed by atoms with van der Waals surface area (Å²) in [5, 5.41) is 15.0. The average Bonchev–Trinajstić information content (AvgIpc) is 2.50. The number of pyridine rings is 1. The van der Waals surface area contributed by atoms with E-state index in [4.69, 9.17) is 5.11 Å². The maximum Gasteiger partial charge on any atom is 0.320 e. The largest absolute Gasteiger partial charge is 0.480 e. The minimum Gasteiger partial charge on any atom is -0.480 e. The number of carboxylic acids is 1. The van der Waals surface area contributed by atoms with Crippen LogP contribution in [0.1, 0.15) is 43.0 Å². The van der Waals surface area contributed by atoms with Crippen LogP contribution < -0.4 is 10.6 Å². The summed E-state index contributed by atoms with van der Waals surface area (Å²) in [5.41, 5.74) is 0.567. The number of nitrogens with one attached hydrogen (secondary N) is 2. The lowest BCUT2D eigenvalue weighted by Gasteiger charge is -2.30. The molecular weight excluding hydrogens is 270 g/mol. The third kappa shape index (κ3) is 4.53. The van der Waals surface area contributed by atoms with Crippen LogP contribution in [0.2, 0.25) is 0 Å². The van der Waals surface area contributed by atoms with Crippen LogP contribution in [0.25, 0.3) is 0 Å². The van der Waals surface area contributed by atoms with Crippen molar-refractivity contribution in [1.82, 2.24) is 15.6 Å². The molecule has 1 atom stereocenters. The Morgan fingerprint density at radius 3 is 2.52 bits per heavy atom. The van der Waals surface area contributed by atoms with Gasteiger partial charge in [-0.3, -0.25) is 14.6 Å². The van der Waals surface area contributed by atoms with Crippen molar-refractivity contribution in [3.05, 3.63) is 30.1 Å². The molecule has 6 nitrogen and oxygen atoms in total. The molecule has 1 amide bonds. The fourth-order valence-corrected chi connectivity index (χ4v) is 2.60. The number of carboxylic acid groups (broad SMARTS) is 1. The highest BCUT2D eigenvalue weighted by Gasteiger charge is 2.25. The van der Waals surface area contributed by atoms with Crippen LogP contribution in [0.3, 0.4) is 0 Å². The molecule has 1 fully saturated rings. The Labute approximate surface area is 124 Å². The number of carbonyl (C=O) groups excluding carboxylic acids is 1. The molecule has 0 aromatic carbocycles. The molecule has 1 aromatic heterocycles. The summed E-state index contributed by atoms with van der Waals surface area (Å²) in [6.45, 7) is 1.65.